The van der Waals surface area contributed by atoms with Crippen LogP contribution in [0.15, 0.2) is 29.2 Å². The summed E-state index contributed by atoms with van der Waals surface area (Å²) >= 11 is 1.75. The van der Waals surface area contributed by atoms with Crippen LogP contribution in [0.5, 0.6) is 0 Å². The van der Waals surface area contributed by atoms with Gasteiger partial charge < -0.3 is 5.11 Å². The zero-order chi connectivity index (χ0) is 12.2. The Morgan fingerprint density at radius 3 is 2.25 bits per heavy atom. The Labute approximate surface area is 103 Å². The van der Waals surface area contributed by atoms with Gasteiger partial charge in [0.25, 0.3) is 0 Å². The van der Waals surface area contributed by atoms with E-state index >= 15 is 0 Å². The third kappa shape index (κ3) is 5.01. The molecule has 90 valence electrons. The van der Waals surface area contributed by atoms with Crippen LogP contribution < -0.4 is 0 Å². The molecule has 0 bridgehead atoms. The van der Waals surface area contributed by atoms with Gasteiger partial charge >= 0.3 is 0 Å². The Morgan fingerprint density at radius 1 is 1.25 bits per heavy atom. The van der Waals surface area contributed by atoms with Crippen molar-refractivity contribution in [3.63, 3.8) is 0 Å². The quantitative estimate of drug-likeness (QED) is 0.799. The lowest BCUT2D eigenvalue weighted by Gasteiger charge is -2.25. The largest absolute Gasteiger partial charge is 0.389 e. The predicted octanol–water partition coefficient (Wildman–Crippen LogP) is 2.61. The van der Waals surface area contributed by atoms with E-state index < -0.39 is 5.60 Å². The van der Waals surface area contributed by atoms with E-state index in [4.69, 9.17) is 0 Å². The van der Waals surface area contributed by atoms with E-state index in [0.717, 1.165) is 6.54 Å². The highest BCUT2D eigenvalue weighted by Crippen LogP contribution is 2.16. The number of thioether (sulfide) groups is 1. The summed E-state index contributed by atoms with van der Waals surface area (Å²) in [5, 5.41) is 9.70. The Hall–Kier alpha value is -0.510. The summed E-state index contributed by atoms with van der Waals surface area (Å²) in [5.74, 6) is 0. The number of benzene rings is 1. The molecule has 0 saturated heterocycles. The van der Waals surface area contributed by atoms with Crippen LogP contribution in [0.4, 0.5) is 0 Å². The second-order valence-electron chi connectivity index (χ2n) is 4.83. The standard InChI is InChI=1S/C13H21NOS/c1-13(2,15)10-14(3)9-11-5-7-12(16-4)8-6-11/h5-8,15H,9-10H2,1-4H3. The fraction of sp³-hybridized carbons (Fsp3) is 0.538. The Kier molecular flexibility index (Phi) is 4.84. The fourth-order valence-electron chi connectivity index (χ4n) is 1.76. The first kappa shape index (κ1) is 13.6. The van der Waals surface area contributed by atoms with Gasteiger partial charge in [-0.25, -0.2) is 0 Å². The van der Waals surface area contributed by atoms with Crippen molar-refractivity contribution in [2.75, 3.05) is 19.8 Å². The second-order valence-corrected chi connectivity index (χ2v) is 5.71. The molecule has 0 amide bonds. The number of hydrogen-bond donors (Lipinski definition) is 1. The van der Waals surface area contributed by atoms with Gasteiger partial charge in [0, 0.05) is 18.0 Å². The van der Waals surface area contributed by atoms with Gasteiger partial charge in [-0.15, -0.1) is 11.8 Å². The van der Waals surface area contributed by atoms with Gasteiger partial charge in [0.1, 0.15) is 0 Å². The Bertz CT molecular complexity index is 316. The monoisotopic (exact) mass is 239 g/mol. The van der Waals surface area contributed by atoms with Gasteiger partial charge in [0.05, 0.1) is 5.60 Å². The van der Waals surface area contributed by atoms with E-state index in [9.17, 15) is 5.11 Å². The topological polar surface area (TPSA) is 23.5 Å². The number of aliphatic hydroxyl groups is 1. The molecule has 1 N–H and O–H groups in total. The number of rotatable bonds is 5. The van der Waals surface area contributed by atoms with Gasteiger partial charge in [-0.3, -0.25) is 4.90 Å². The molecule has 0 aromatic heterocycles. The number of hydrogen-bond acceptors (Lipinski definition) is 3. The smallest absolute Gasteiger partial charge is 0.0718 e. The zero-order valence-corrected chi connectivity index (χ0v) is 11.3. The van der Waals surface area contributed by atoms with Crippen molar-refractivity contribution in [2.24, 2.45) is 0 Å². The van der Waals surface area contributed by atoms with Crippen LogP contribution in [0.2, 0.25) is 0 Å². The molecule has 2 nitrogen and oxygen atoms in total. The van der Waals surface area contributed by atoms with E-state index in [1.807, 2.05) is 20.9 Å². The van der Waals surface area contributed by atoms with Crippen molar-refractivity contribution < 1.29 is 5.11 Å². The lowest BCUT2D eigenvalue weighted by molar-refractivity contribution is 0.0425. The molecule has 0 aliphatic carbocycles. The first-order valence-electron chi connectivity index (χ1n) is 5.44. The normalized spacial score (nSPS) is 12.1. The summed E-state index contributed by atoms with van der Waals surface area (Å²) < 4.78 is 0. The Morgan fingerprint density at radius 2 is 1.81 bits per heavy atom. The van der Waals surface area contributed by atoms with Crippen LogP contribution in [-0.2, 0) is 6.54 Å². The Balaban J connectivity index is 2.53. The first-order valence-corrected chi connectivity index (χ1v) is 6.67. The van der Waals surface area contributed by atoms with Gasteiger partial charge in [-0.05, 0) is 44.8 Å². The third-order valence-electron chi connectivity index (χ3n) is 2.27. The molecule has 3 heteroatoms. The van der Waals surface area contributed by atoms with Crippen molar-refractivity contribution in [3.8, 4) is 0 Å². The molecule has 0 heterocycles. The molecule has 0 unspecified atom stereocenters. The van der Waals surface area contributed by atoms with Gasteiger partial charge in [-0.1, -0.05) is 12.1 Å². The van der Waals surface area contributed by atoms with Gasteiger partial charge in [0.2, 0.25) is 0 Å². The number of likely N-dealkylation sites (N-methyl/N-ethyl adjacent to an activating group) is 1. The van der Waals surface area contributed by atoms with Crippen LogP contribution in [0.25, 0.3) is 0 Å². The van der Waals surface area contributed by atoms with E-state index in [-0.39, 0.29) is 0 Å². The summed E-state index contributed by atoms with van der Waals surface area (Å²) in [7, 11) is 2.03. The maximum atomic E-state index is 9.70. The summed E-state index contributed by atoms with van der Waals surface area (Å²) in [6.45, 7) is 5.22. The lowest BCUT2D eigenvalue weighted by atomic mass is 10.1. The molecule has 1 rings (SSSR count). The maximum Gasteiger partial charge on any atom is 0.0718 e. The van der Waals surface area contributed by atoms with Crippen molar-refractivity contribution in [2.45, 2.75) is 30.9 Å². The summed E-state index contributed by atoms with van der Waals surface area (Å²) in [6.07, 6.45) is 2.08. The van der Waals surface area contributed by atoms with E-state index in [1.54, 1.807) is 11.8 Å². The molecule has 16 heavy (non-hydrogen) atoms. The summed E-state index contributed by atoms with van der Waals surface area (Å²) in [6, 6.07) is 8.56. The SMILES string of the molecule is CSc1ccc(CN(C)CC(C)(C)O)cc1. The molecular weight excluding hydrogens is 218 g/mol. The molecule has 0 aliphatic heterocycles. The van der Waals surface area contributed by atoms with Crippen molar-refractivity contribution in [1.29, 1.82) is 0 Å². The average Bonchev–Trinajstić information content (AvgIpc) is 2.16. The molecule has 1 aromatic rings. The van der Waals surface area contributed by atoms with Gasteiger partial charge in [0.15, 0.2) is 0 Å². The van der Waals surface area contributed by atoms with Crippen molar-refractivity contribution in [1.82, 2.24) is 4.90 Å². The van der Waals surface area contributed by atoms with Crippen LogP contribution in [0, 0.1) is 0 Å². The highest BCUT2D eigenvalue weighted by Gasteiger charge is 2.15. The molecule has 0 fully saturated rings. The maximum absolute atomic E-state index is 9.70. The van der Waals surface area contributed by atoms with Crippen molar-refractivity contribution >= 4 is 11.8 Å². The second kappa shape index (κ2) is 5.71. The van der Waals surface area contributed by atoms with Crippen molar-refractivity contribution in [3.05, 3.63) is 29.8 Å². The minimum atomic E-state index is -0.631. The molecule has 0 spiro atoms. The lowest BCUT2D eigenvalue weighted by Crippen LogP contribution is -2.35. The highest BCUT2D eigenvalue weighted by molar-refractivity contribution is 7.98. The fourth-order valence-corrected chi connectivity index (χ4v) is 2.17. The molecule has 0 saturated carbocycles. The van der Waals surface area contributed by atoms with E-state index in [0.29, 0.717) is 6.54 Å². The molecule has 0 atom stereocenters. The summed E-state index contributed by atoms with van der Waals surface area (Å²) in [4.78, 5) is 3.42. The minimum absolute atomic E-state index is 0.631. The first-order chi connectivity index (χ1) is 7.40. The molecular formula is C13H21NOS. The average molecular weight is 239 g/mol. The van der Waals surface area contributed by atoms with Gasteiger partial charge in [-0.2, -0.15) is 0 Å². The molecule has 0 radical (unpaired) electrons. The number of nitrogens with zero attached hydrogens (tertiary/aromatic N) is 1. The van der Waals surface area contributed by atoms with Crippen LogP contribution in [0.1, 0.15) is 19.4 Å². The van der Waals surface area contributed by atoms with Crippen LogP contribution in [-0.4, -0.2) is 35.5 Å². The highest BCUT2D eigenvalue weighted by atomic mass is 32.2. The minimum Gasteiger partial charge on any atom is -0.389 e. The molecule has 0 aliphatic rings. The summed E-state index contributed by atoms with van der Waals surface area (Å²) in [5.41, 5.74) is 0.651. The van der Waals surface area contributed by atoms with E-state index in [2.05, 4.69) is 35.4 Å². The van der Waals surface area contributed by atoms with Crippen LogP contribution >= 0.6 is 11.8 Å². The predicted molar refractivity (Wildman–Crippen MR) is 70.9 cm³/mol. The van der Waals surface area contributed by atoms with Crippen LogP contribution in [0.3, 0.4) is 0 Å². The third-order valence-corrected chi connectivity index (χ3v) is 3.01. The zero-order valence-electron chi connectivity index (χ0n) is 10.5. The molecule has 1 aromatic carbocycles. The van der Waals surface area contributed by atoms with E-state index in [1.165, 1.54) is 10.5 Å².